The number of aromatic nitrogens is 4. The average molecular weight is 319 g/mol. The second-order valence-electron chi connectivity index (χ2n) is 4.91. The van der Waals surface area contributed by atoms with Crippen LogP contribution in [0.25, 0.3) is 11.4 Å². The summed E-state index contributed by atoms with van der Waals surface area (Å²) >= 11 is 1.88. The van der Waals surface area contributed by atoms with Crippen molar-refractivity contribution in [3.63, 3.8) is 0 Å². The van der Waals surface area contributed by atoms with Crippen molar-refractivity contribution in [2.24, 2.45) is 7.05 Å². The molecule has 0 unspecified atom stereocenters. The number of hydrogen-bond acceptors (Lipinski definition) is 6. The zero-order valence-electron chi connectivity index (χ0n) is 12.3. The summed E-state index contributed by atoms with van der Waals surface area (Å²) in [5.74, 6) is 3.28. The molecule has 8 heteroatoms. The van der Waals surface area contributed by atoms with Crippen LogP contribution in [0.1, 0.15) is 0 Å². The van der Waals surface area contributed by atoms with Crippen LogP contribution in [0.3, 0.4) is 0 Å². The number of nitrogens with zero attached hydrogens (tertiary/aromatic N) is 5. The summed E-state index contributed by atoms with van der Waals surface area (Å²) in [6.07, 6.45) is 0. The van der Waals surface area contributed by atoms with E-state index >= 15 is 0 Å². The van der Waals surface area contributed by atoms with E-state index in [0.717, 1.165) is 30.2 Å². The molecule has 3 rings (SSSR count). The highest BCUT2D eigenvalue weighted by molar-refractivity contribution is 7.99. The summed E-state index contributed by atoms with van der Waals surface area (Å²) in [6, 6.07) is 7.33. The van der Waals surface area contributed by atoms with Crippen molar-refractivity contribution < 1.29 is 9.53 Å². The number of thioether (sulfide) groups is 1. The molecule has 0 atom stereocenters. The summed E-state index contributed by atoms with van der Waals surface area (Å²) in [4.78, 5) is 15.3. The van der Waals surface area contributed by atoms with Crippen molar-refractivity contribution in [3.05, 3.63) is 24.3 Å². The number of carbonyl (C=O) groups is 1. The first-order chi connectivity index (χ1) is 10.7. The lowest BCUT2D eigenvalue weighted by atomic mass is 10.2. The monoisotopic (exact) mass is 319 g/mol. The summed E-state index contributed by atoms with van der Waals surface area (Å²) in [7, 11) is 1.72. The van der Waals surface area contributed by atoms with Crippen molar-refractivity contribution in [1.82, 2.24) is 25.1 Å². The molecule has 1 saturated heterocycles. The molecule has 2 heterocycles. The SMILES string of the molecule is Cn1nnc(-c2ccc(OCC(=O)N3CCSCC3)cc2)n1. The minimum atomic E-state index is 0.0416. The lowest BCUT2D eigenvalue weighted by Crippen LogP contribution is -2.40. The van der Waals surface area contributed by atoms with E-state index in [0.29, 0.717) is 11.6 Å². The Morgan fingerprint density at radius 3 is 2.64 bits per heavy atom. The zero-order valence-corrected chi connectivity index (χ0v) is 13.1. The molecule has 2 aromatic rings. The van der Waals surface area contributed by atoms with Gasteiger partial charge in [0, 0.05) is 30.2 Å². The molecule has 22 heavy (non-hydrogen) atoms. The van der Waals surface area contributed by atoms with E-state index in [1.54, 1.807) is 7.05 Å². The van der Waals surface area contributed by atoms with Gasteiger partial charge < -0.3 is 9.64 Å². The normalized spacial score (nSPS) is 14.9. The van der Waals surface area contributed by atoms with E-state index in [2.05, 4.69) is 15.4 Å². The van der Waals surface area contributed by atoms with Gasteiger partial charge in [0.2, 0.25) is 5.82 Å². The Hall–Kier alpha value is -2.09. The molecule has 1 aliphatic heterocycles. The van der Waals surface area contributed by atoms with Crippen LogP contribution < -0.4 is 4.74 Å². The maximum atomic E-state index is 12.0. The van der Waals surface area contributed by atoms with Crippen LogP contribution >= 0.6 is 11.8 Å². The highest BCUT2D eigenvalue weighted by Gasteiger charge is 2.17. The van der Waals surface area contributed by atoms with Crippen molar-refractivity contribution in [1.29, 1.82) is 0 Å². The molecule has 116 valence electrons. The molecule has 0 N–H and O–H groups in total. The third-order valence-corrected chi connectivity index (χ3v) is 4.29. The van der Waals surface area contributed by atoms with Crippen LogP contribution in [0, 0.1) is 0 Å². The summed E-state index contributed by atoms with van der Waals surface area (Å²) in [5.41, 5.74) is 0.861. The fourth-order valence-electron chi connectivity index (χ4n) is 2.15. The number of aryl methyl sites for hydroxylation is 1. The largest absolute Gasteiger partial charge is 0.484 e. The second-order valence-corrected chi connectivity index (χ2v) is 6.13. The lowest BCUT2D eigenvalue weighted by Gasteiger charge is -2.26. The molecular formula is C14H17N5O2S. The van der Waals surface area contributed by atoms with Gasteiger partial charge in [-0.05, 0) is 29.5 Å². The minimum Gasteiger partial charge on any atom is -0.484 e. The van der Waals surface area contributed by atoms with E-state index in [1.807, 2.05) is 40.9 Å². The number of carbonyl (C=O) groups excluding carboxylic acids is 1. The molecule has 0 radical (unpaired) electrons. The first-order valence-corrected chi connectivity index (χ1v) is 8.20. The van der Waals surface area contributed by atoms with Crippen molar-refractivity contribution in [2.45, 2.75) is 0 Å². The predicted molar refractivity (Wildman–Crippen MR) is 83.6 cm³/mol. The quantitative estimate of drug-likeness (QED) is 0.831. The van der Waals surface area contributed by atoms with Crippen LogP contribution in [-0.4, -0.2) is 62.2 Å². The van der Waals surface area contributed by atoms with Gasteiger partial charge in [-0.25, -0.2) is 0 Å². The smallest absolute Gasteiger partial charge is 0.260 e. The van der Waals surface area contributed by atoms with Gasteiger partial charge in [-0.15, -0.1) is 10.2 Å². The fraction of sp³-hybridized carbons (Fsp3) is 0.429. The number of rotatable bonds is 4. The number of hydrogen-bond donors (Lipinski definition) is 0. The summed E-state index contributed by atoms with van der Waals surface area (Å²) < 4.78 is 5.56. The third kappa shape index (κ3) is 3.56. The van der Waals surface area contributed by atoms with E-state index in [9.17, 15) is 4.79 Å². The third-order valence-electron chi connectivity index (χ3n) is 3.35. The Morgan fingerprint density at radius 1 is 1.27 bits per heavy atom. The second kappa shape index (κ2) is 6.78. The predicted octanol–water partition coefficient (Wildman–Crippen LogP) is 0.831. The first-order valence-electron chi connectivity index (χ1n) is 7.05. The molecule has 1 fully saturated rings. The fourth-order valence-corrected chi connectivity index (χ4v) is 3.05. The van der Waals surface area contributed by atoms with Crippen LogP contribution in [0.2, 0.25) is 0 Å². The van der Waals surface area contributed by atoms with Gasteiger partial charge in [-0.2, -0.15) is 16.6 Å². The van der Waals surface area contributed by atoms with Crippen molar-refractivity contribution >= 4 is 17.7 Å². The first kappa shape index (κ1) is 14.8. The molecule has 0 spiro atoms. The van der Waals surface area contributed by atoms with Crippen molar-refractivity contribution in [2.75, 3.05) is 31.2 Å². The summed E-state index contributed by atoms with van der Waals surface area (Å²) in [5, 5.41) is 11.9. The Balaban J connectivity index is 1.56. The molecular weight excluding hydrogens is 302 g/mol. The van der Waals surface area contributed by atoms with Gasteiger partial charge in [0.25, 0.3) is 5.91 Å². The number of benzene rings is 1. The van der Waals surface area contributed by atoms with Crippen LogP contribution in [-0.2, 0) is 11.8 Å². The topological polar surface area (TPSA) is 73.1 Å². The van der Waals surface area contributed by atoms with Gasteiger partial charge in [-0.1, -0.05) is 0 Å². The maximum Gasteiger partial charge on any atom is 0.260 e. The van der Waals surface area contributed by atoms with Crippen LogP contribution in [0.5, 0.6) is 5.75 Å². The minimum absolute atomic E-state index is 0.0416. The van der Waals surface area contributed by atoms with Gasteiger partial charge in [0.15, 0.2) is 6.61 Å². The molecule has 0 saturated carbocycles. The Bertz CT molecular complexity index is 637. The molecule has 1 aromatic carbocycles. The van der Waals surface area contributed by atoms with Crippen LogP contribution in [0.15, 0.2) is 24.3 Å². The Labute approximate surface area is 132 Å². The standard InChI is InChI=1S/C14H17N5O2S/c1-18-16-14(15-17-18)11-2-4-12(5-3-11)21-10-13(20)19-6-8-22-9-7-19/h2-5H,6-10H2,1H3. The number of tetrazole rings is 1. The van der Waals surface area contributed by atoms with E-state index in [-0.39, 0.29) is 12.5 Å². The van der Waals surface area contributed by atoms with E-state index < -0.39 is 0 Å². The average Bonchev–Trinajstić information content (AvgIpc) is 3.00. The van der Waals surface area contributed by atoms with Gasteiger partial charge in [0.1, 0.15) is 5.75 Å². The number of amides is 1. The van der Waals surface area contributed by atoms with Crippen molar-refractivity contribution in [3.8, 4) is 17.1 Å². The lowest BCUT2D eigenvalue weighted by molar-refractivity contribution is -0.132. The molecule has 1 aromatic heterocycles. The van der Waals surface area contributed by atoms with Gasteiger partial charge in [0.05, 0.1) is 7.05 Å². The van der Waals surface area contributed by atoms with Crippen LogP contribution in [0.4, 0.5) is 0 Å². The number of ether oxygens (including phenoxy) is 1. The van der Waals surface area contributed by atoms with Gasteiger partial charge in [-0.3, -0.25) is 4.79 Å². The highest BCUT2D eigenvalue weighted by Crippen LogP contribution is 2.18. The Kier molecular flexibility index (Phi) is 4.57. The molecule has 0 aliphatic carbocycles. The molecule has 0 bridgehead atoms. The molecule has 7 nitrogen and oxygen atoms in total. The van der Waals surface area contributed by atoms with Gasteiger partial charge >= 0.3 is 0 Å². The van der Waals surface area contributed by atoms with E-state index in [1.165, 1.54) is 4.80 Å². The Morgan fingerprint density at radius 2 is 2.00 bits per heavy atom. The maximum absolute atomic E-state index is 12.0. The zero-order chi connectivity index (χ0) is 15.4. The van der Waals surface area contributed by atoms with E-state index in [4.69, 9.17) is 4.74 Å². The molecule has 1 aliphatic rings. The highest BCUT2D eigenvalue weighted by atomic mass is 32.2. The summed E-state index contributed by atoms with van der Waals surface area (Å²) in [6.45, 7) is 1.70. The molecule has 1 amide bonds.